The number of halogens is 2. The number of thiol groups is 1. The first kappa shape index (κ1) is 15.1. The van der Waals surface area contributed by atoms with Gasteiger partial charge in [0.05, 0.1) is 9.35 Å². The molecule has 0 saturated heterocycles. The van der Waals surface area contributed by atoms with Gasteiger partial charge in [-0.2, -0.15) is 0 Å². The largest absolute Gasteiger partial charge is 0.352 e. The Kier molecular flexibility index (Phi) is 5.50. The Morgan fingerprint density at radius 2 is 2.05 bits per heavy atom. The van der Waals surface area contributed by atoms with E-state index in [1.807, 2.05) is 18.2 Å². The molecule has 2 aromatic rings. The Labute approximate surface area is 138 Å². The number of carbonyl (C=O) groups is 1. The van der Waals surface area contributed by atoms with Crippen molar-refractivity contribution in [3.8, 4) is 0 Å². The molecule has 1 heterocycles. The highest BCUT2D eigenvalue weighted by molar-refractivity contribution is 9.11. The Bertz CT molecular complexity index is 598. The summed E-state index contributed by atoms with van der Waals surface area (Å²) in [6.07, 6.45) is 0.834. The van der Waals surface area contributed by atoms with E-state index in [1.54, 1.807) is 17.4 Å². The third-order valence-corrected chi connectivity index (χ3v) is 5.04. The summed E-state index contributed by atoms with van der Waals surface area (Å²) in [6.45, 7) is 0.620. The van der Waals surface area contributed by atoms with Crippen LogP contribution >= 0.6 is 55.8 Å². The molecule has 0 aliphatic carbocycles. The minimum atomic E-state index is -0.0897. The Morgan fingerprint density at radius 1 is 1.26 bits per heavy atom. The number of nitrogens with one attached hydrogen (secondary N) is 1. The third kappa shape index (κ3) is 4.34. The smallest absolute Gasteiger partial charge is 0.252 e. The molecule has 2 nitrogen and oxygen atoms in total. The average molecular weight is 421 g/mol. The first-order valence-electron chi connectivity index (χ1n) is 5.57. The lowest BCUT2D eigenvalue weighted by atomic mass is 10.2. The van der Waals surface area contributed by atoms with Crippen molar-refractivity contribution in [3.63, 3.8) is 0 Å². The summed E-state index contributed by atoms with van der Waals surface area (Å²) in [5.41, 5.74) is 0.596. The molecule has 2 rings (SSSR count). The van der Waals surface area contributed by atoms with Crippen molar-refractivity contribution in [2.75, 3.05) is 6.54 Å². The van der Waals surface area contributed by atoms with Crippen LogP contribution in [0.1, 0.15) is 15.2 Å². The van der Waals surface area contributed by atoms with Gasteiger partial charge < -0.3 is 5.32 Å². The van der Waals surface area contributed by atoms with Crippen LogP contribution in [0.2, 0.25) is 0 Å². The third-order valence-electron chi connectivity index (χ3n) is 2.49. The summed E-state index contributed by atoms with van der Waals surface area (Å²) in [6, 6.07) is 9.50. The number of hydrogen-bond donors (Lipinski definition) is 2. The van der Waals surface area contributed by atoms with Gasteiger partial charge in [0.15, 0.2) is 0 Å². The van der Waals surface area contributed by atoms with E-state index in [2.05, 4.69) is 55.9 Å². The number of rotatable bonds is 4. The van der Waals surface area contributed by atoms with Crippen molar-refractivity contribution in [1.29, 1.82) is 0 Å². The highest BCUT2D eigenvalue weighted by Crippen LogP contribution is 2.22. The monoisotopic (exact) mass is 419 g/mol. The van der Waals surface area contributed by atoms with Crippen LogP contribution < -0.4 is 5.32 Å². The molecule has 1 aromatic carbocycles. The summed E-state index contributed by atoms with van der Waals surface area (Å²) in [5, 5.41) is 2.91. The molecule has 1 aromatic heterocycles. The van der Waals surface area contributed by atoms with E-state index in [1.165, 1.54) is 4.88 Å². The van der Waals surface area contributed by atoms with Crippen molar-refractivity contribution in [3.05, 3.63) is 49.0 Å². The molecule has 0 aliphatic rings. The number of thiophene rings is 1. The number of carbonyl (C=O) groups excluding carboxylic acids is 1. The van der Waals surface area contributed by atoms with Crippen LogP contribution in [0.3, 0.4) is 0 Å². The number of amides is 1. The molecule has 100 valence electrons. The van der Waals surface area contributed by atoms with Crippen LogP contribution in [-0.4, -0.2) is 12.5 Å². The zero-order chi connectivity index (χ0) is 13.8. The van der Waals surface area contributed by atoms with Crippen molar-refractivity contribution in [1.82, 2.24) is 5.32 Å². The molecule has 1 amide bonds. The molecule has 0 fully saturated rings. The molecule has 6 heteroatoms. The zero-order valence-electron chi connectivity index (χ0n) is 9.82. The molecule has 1 N–H and O–H groups in total. The molecule has 0 spiro atoms. The van der Waals surface area contributed by atoms with Crippen LogP contribution in [0.25, 0.3) is 0 Å². The summed E-state index contributed by atoms with van der Waals surface area (Å²) < 4.78 is 2.02. The van der Waals surface area contributed by atoms with Gasteiger partial charge in [0, 0.05) is 20.8 Å². The lowest BCUT2D eigenvalue weighted by Crippen LogP contribution is -2.25. The molecule has 19 heavy (non-hydrogen) atoms. The standard InChI is InChI=1S/C13H11Br2NOS2/c14-8-1-3-10(11(18)7-8)13(17)16-6-5-9-2-4-12(15)19-9/h1-4,7,18H,5-6H2,(H,16,17). The number of hydrogen-bond acceptors (Lipinski definition) is 3. The fraction of sp³-hybridized carbons (Fsp3) is 0.154. The van der Waals surface area contributed by atoms with Gasteiger partial charge in [0.2, 0.25) is 0 Å². The Morgan fingerprint density at radius 3 is 2.68 bits per heavy atom. The molecule has 0 bridgehead atoms. The van der Waals surface area contributed by atoms with Gasteiger partial charge in [0.1, 0.15) is 0 Å². The van der Waals surface area contributed by atoms with Gasteiger partial charge in [-0.25, -0.2) is 0 Å². The second kappa shape index (κ2) is 6.92. The summed E-state index contributed by atoms with van der Waals surface area (Å²) in [5.74, 6) is -0.0897. The maximum Gasteiger partial charge on any atom is 0.252 e. The van der Waals surface area contributed by atoms with E-state index in [4.69, 9.17) is 0 Å². The Balaban J connectivity index is 1.90. The molecule has 0 saturated carbocycles. The van der Waals surface area contributed by atoms with Gasteiger partial charge >= 0.3 is 0 Å². The fourth-order valence-electron chi connectivity index (χ4n) is 1.58. The molecule has 0 radical (unpaired) electrons. The zero-order valence-corrected chi connectivity index (χ0v) is 14.7. The van der Waals surface area contributed by atoms with E-state index < -0.39 is 0 Å². The van der Waals surface area contributed by atoms with Crippen molar-refractivity contribution < 1.29 is 4.79 Å². The minimum absolute atomic E-state index is 0.0897. The summed E-state index contributed by atoms with van der Waals surface area (Å²) in [4.78, 5) is 13.9. The molecule has 0 unspecified atom stereocenters. The molecular formula is C13H11Br2NOS2. The van der Waals surface area contributed by atoms with Crippen LogP contribution in [0, 0.1) is 0 Å². The summed E-state index contributed by atoms with van der Waals surface area (Å²) >= 11 is 12.8. The van der Waals surface area contributed by atoms with Gasteiger partial charge in [-0.1, -0.05) is 15.9 Å². The second-order valence-electron chi connectivity index (χ2n) is 3.87. The van der Waals surface area contributed by atoms with Crippen molar-refractivity contribution in [2.45, 2.75) is 11.3 Å². The molecule has 0 atom stereocenters. The predicted molar refractivity (Wildman–Crippen MR) is 89.5 cm³/mol. The first-order chi connectivity index (χ1) is 9.06. The fourth-order valence-corrected chi connectivity index (χ4v) is 3.91. The van der Waals surface area contributed by atoms with Gasteiger partial charge in [0.25, 0.3) is 5.91 Å². The topological polar surface area (TPSA) is 29.1 Å². The second-order valence-corrected chi connectivity index (χ2v) is 7.82. The SMILES string of the molecule is O=C(NCCc1ccc(Br)s1)c1ccc(Br)cc1S. The molecular weight excluding hydrogens is 410 g/mol. The van der Waals surface area contributed by atoms with Crippen LogP contribution in [-0.2, 0) is 6.42 Å². The van der Waals surface area contributed by atoms with Crippen LogP contribution in [0.4, 0.5) is 0 Å². The van der Waals surface area contributed by atoms with E-state index in [9.17, 15) is 4.79 Å². The number of benzene rings is 1. The quantitative estimate of drug-likeness (QED) is 0.698. The molecule has 0 aliphatic heterocycles. The van der Waals surface area contributed by atoms with E-state index >= 15 is 0 Å². The highest BCUT2D eigenvalue weighted by atomic mass is 79.9. The summed E-state index contributed by atoms with van der Waals surface area (Å²) in [7, 11) is 0. The van der Waals surface area contributed by atoms with Crippen molar-refractivity contribution >= 4 is 61.7 Å². The van der Waals surface area contributed by atoms with Crippen LogP contribution in [0.15, 0.2) is 43.5 Å². The maximum atomic E-state index is 12.0. The van der Waals surface area contributed by atoms with Gasteiger partial charge in [-0.15, -0.1) is 24.0 Å². The van der Waals surface area contributed by atoms with E-state index in [0.717, 1.165) is 14.7 Å². The van der Waals surface area contributed by atoms with Crippen LogP contribution in [0.5, 0.6) is 0 Å². The average Bonchev–Trinajstić information content (AvgIpc) is 2.75. The van der Waals surface area contributed by atoms with E-state index in [-0.39, 0.29) is 5.91 Å². The lowest BCUT2D eigenvalue weighted by molar-refractivity contribution is 0.0951. The Hall–Kier alpha value is -0.300. The predicted octanol–water partition coefficient (Wildman–Crippen LogP) is 4.53. The van der Waals surface area contributed by atoms with Gasteiger partial charge in [-0.3, -0.25) is 4.79 Å². The highest BCUT2D eigenvalue weighted by Gasteiger charge is 2.09. The maximum absolute atomic E-state index is 12.0. The van der Waals surface area contributed by atoms with E-state index in [0.29, 0.717) is 17.0 Å². The normalized spacial score (nSPS) is 10.5. The van der Waals surface area contributed by atoms with Gasteiger partial charge in [-0.05, 0) is 52.7 Å². The lowest BCUT2D eigenvalue weighted by Gasteiger charge is -2.07. The first-order valence-corrected chi connectivity index (χ1v) is 8.42. The van der Waals surface area contributed by atoms with Crippen molar-refractivity contribution in [2.24, 2.45) is 0 Å². The minimum Gasteiger partial charge on any atom is -0.352 e.